The number of benzene rings is 1. The number of unbranched alkanes of at least 4 members (excludes halogenated alkanes) is 1. The van der Waals surface area contributed by atoms with Gasteiger partial charge in [0, 0.05) is 5.56 Å². The number of aromatic nitrogens is 2. The van der Waals surface area contributed by atoms with Crippen LogP contribution in [0.4, 0.5) is 5.82 Å². The molecule has 1 aromatic carbocycles. The largest absolute Gasteiger partial charge is 0.383 e. The number of para-hydroxylation sites is 1. The molecule has 2 rings (SSSR count). The summed E-state index contributed by atoms with van der Waals surface area (Å²) in [6, 6.07) is 7.57. The van der Waals surface area contributed by atoms with Crippen molar-refractivity contribution < 1.29 is 0 Å². The van der Waals surface area contributed by atoms with E-state index in [4.69, 9.17) is 17.3 Å². The van der Waals surface area contributed by atoms with E-state index in [9.17, 15) is 0 Å². The second kappa shape index (κ2) is 5.23. The highest BCUT2D eigenvalue weighted by molar-refractivity contribution is 6.32. The van der Waals surface area contributed by atoms with E-state index in [1.165, 1.54) is 0 Å². The molecule has 0 atom stereocenters. The molecule has 0 spiro atoms. The molecule has 0 bridgehead atoms. The molecule has 1 heterocycles. The summed E-state index contributed by atoms with van der Waals surface area (Å²) in [6.07, 6.45) is 5.07. The summed E-state index contributed by atoms with van der Waals surface area (Å²) in [4.78, 5) is 0. The van der Waals surface area contributed by atoms with Gasteiger partial charge in [-0.2, -0.15) is 5.10 Å². The van der Waals surface area contributed by atoms with E-state index in [0.717, 1.165) is 30.5 Å². The molecule has 4 heteroatoms. The number of hydrogen-bond acceptors (Lipinski definition) is 2. The number of hydrogen-bond donors (Lipinski definition) is 1. The van der Waals surface area contributed by atoms with Crippen LogP contribution in [-0.4, -0.2) is 9.78 Å². The van der Waals surface area contributed by atoms with Crippen LogP contribution in [0.25, 0.3) is 5.69 Å². The topological polar surface area (TPSA) is 43.8 Å². The maximum atomic E-state index is 6.13. The van der Waals surface area contributed by atoms with Crippen molar-refractivity contribution in [2.45, 2.75) is 26.2 Å². The van der Waals surface area contributed by atoms with E-state index >= 15 is 0 Å². The SMILES string of the molecule is CCCCc1cnn(-c2ccccc2Cl)c1N. The summed E-state index contributed by atoms with van der Waals surface area (Å²) >= 11 is 6.13. The highest BCUT2D eigenvalue weighted by Gasteiger charge is 2.10. The van der Waals surface area contributed by atoms with Gasteiger partial charge in [-0.3, -0.25) is 0 Å². The maximum absolute atomic E-state index is 6.13. The van der Waals surface area contributed by atoms with Crippen molar-refractivity contribution in [1.82, 2.24) is 9.78 Å². The highest BCUT2D eigenvalue weighted by atomic mass is 35.5. The van der Waals surface area contributed by atoms with Crippen molar-refractivity contribution in [3.8, 4) is 5.69 Å². The van der Waals surface area contributed by atoms with Crippen LogP contribution in [0.2, 0.25) is 5.02 Å². The number of nitrogens with zero attached hydrogens (tertiary/aromatic N) is 2. The average Bonchev–Trinajstić information content (AvgIpc) is 2.69. The highest BCUT2D eigenvalue weighted by Crippen LogP contribution is 2.24. The minimum absolute atomic E-state index is 0.657. The number of rotatable bonds is 4. The Labute approximate surface area is 106 Å². The third kappa shape index (κ3) is 2.44. The van der Waals surface area contributed by atoms with Crippen molar-refractivity contribution in [2.75, 3.05) is 5.73 Å². The van der Waals surface area contributed by atoms with Gasteiger partial charge in [-0.05, 0) is 25.0 Å². The van der Waals surface area contributed by atoms with Crippen molar-refractivity contribution in [2.24, 2.45) is 0 Å². The first-order chi connectivity index (χ1) is 8.24. The monoisotopic (exact) mass is 249 g/mol. The van der Waals surface area contributed by atoms with Gasteiger partial charge in [-0.25, -0.2) is 4.68 Å². The Morgan fingerprint density at radius 3 is 2.82 bits per heavy atom. The summed E-state index contributed by atoms with van der Waals surface area (Å²) < 4.78 is 1.70. The first-order valence-electron chi connectivity index (χ1n) is 5.81. The molecule has 0 amide bonds. The molecule has 0 saturated carbocycles. The van der Waals surface area contributed by atoms with Crippen LogP contribution in [0.1, 0.15) is 25.3 Å². The van der Waals surface area contributed by atoms with Crippen molar-refractivity contribution in [3.63, 3.8) is 0 Å². The van der Waals surface area contributed by atoms with Gasteiger partial charge < -0.3 is 5.73 Å². The zero-order valence-electron chi connectivity index (χ0n) is 9.86. The van der Waals surface area contributed by atoms with Crippen LogP contribution < -0.4 is 5.73 Å². The van der Waals surface area contributed by atoms with Gasteiger partial charge in [0.25, 0.3) is 0 Å². The lowest BCUT2D eigenvalue weighted by atomic mass is 10.1. The lowest BCUT2D eigenvalue weighted by Crippen LogP contribution is -2.03. The predicted molar refractivity (Wildman–Crippen MR) is 71.6 cm³/mol. The van der Waals surface area contributed by atoms with Crippen molar-refractivity contribution in [1.29, 1.82) is 0 Å². The zero-order chi connectivity index (χ0) is 12.3. The molecule has 0 aliphatic heterocycles. The van der Waals surface area contributed by atoms with Crippen LogP contribution >= 0.6 is 11.6 Å². The van der Waals surface area contributed by atoms with E-state index in [0.29, 0.717) is 10.8 Å². The second-order valence-electron chi connectivity index (χ2n) is 4.02. The van der Waals surface area contributed by atoms with Crippen LogP contribution in [0.3, 0.4) is 0 Å². The molecule has 0 fully saturated rings. The van der Waals surface area contributed by atoms with Crippen LogP contribution in [0.15, 0.2) is 30.5 Å². The van der Waals surface area contributed by atoms with E-state index in [1.54, 1.807) is 4.68 Å². The third-order valence-electron chi connectivity index (χ3n) is 2.77. The third-order valence-corrected chi connectivity index (χ3v) is 3.09. The fourth-order valence-electron chi connectivity index (χ4n) is 1.77. The quantitative estimate of drug-likeness (QED) is 0.902. The van der Waals surface area contributed by atoms with Gasteiger partial charge in [0.1, 0.15) is 5.82 Å². The first kappa shape index (κ1) is 12.0. The molecule has 17 heavy (non-hydrogen) atoms. The standard InChI is InChI=1S/C13H16ClN3/c1-2-3-6-10-9-16-17(13(10)15)12-8-5-4-7-11(12)14/h4-5,7-9H,2-3,6,15H2,1H3. The molecule has 2 aromatic rings. The van der Waals surface area contributed by atoms with E-state index < -0.39 is 0 Å². The fraction of sp³-hybridized carbons (Fsp3) is 0.308. The molecule has 2 N–H and O–H groups in total. The molecular formula is C13H16ClN3. The minimum Gasteiger partial charge on any atom is -0.383 e. The molecule has 0 aliphatic carbocycles. The first-order valence-corrected chi connectivity index (χ1v) is 6.19. The minimum atomic E-state index is 0.657. The lowest BCUT2D eigenvalue weighted by molar-refractivity contribution is 0.796. The normalized spacial score (nSPS) is 10.7. The van der Waals surface area contributed by atoms with Gasteiger partial charge in [0.05, 0.1) is 16.9 Å². The van der Waals surface area contributed by atoms with Gasteiger partial charge in [0.2, 0.25) is 0 Å². The number of anilines is 1. The van der Waals surface area contributed by atoms with Crippen LogP contribution in [-0.2, 0) is 6.42 Å². The van der Waals surface area contributed by atoms with E-state index in [-0.39, 0.29) is 0 Å². The lowest BCUT2D eigenvalue weighted by Gasteiger charge is -2.06. The molecule has 0 aliphatic rings. The molecule has 3 nitrogen and oxygen atoms in total. The van der Waals surface area contributed by atoms with Gasteiger partial charge >= 0.3 is 0 Å². The Bertz CT molecular complexity index is 505. The van der Waals surface area contributed by atoms with Gasteiger partial charge in [0.15, 0.2) is 0 Å². The predicted octanol–water partition coefficient (Wildman–Crippen LogP) is 3.45. The Balaban J connectivity index is 2.34. The molecule has 90 valence electrons. The number of halogens is 1. The Hall–Kier alpha value is -1.48. The van der Waals surface area contributed by atoms with Crippen molar-refractivity contribution in [3.05, 3.63) is 41.0 Å². The number of aryl methyl sites for hydroxylation is 1. The maximum Gasteiger partial charge on any atom is 0.130 e. The summed E-state index contributed by atoms with van der Waals surface area (Å²) in [5.41, 5.74) is 8.00. The zero-order valence-corrected chi connectivity index (χ0v) is 10.6. The molecule has 0 saturated heterocycles. The molecule has 0 radical (unpaired) electrons. The van der Waals surface area contributed by atoms with E-state index in [1.807, 2.05) is 30.5 Å². The summed E-state index contributed by atoms with van der Waals surface area (Å²) in [5, 5.41) is 4.96. The van der Waals surface area contributed by atoms with Gasteiger partial charge in [-0.1, -0.05) is 37.1 Å². The van der Waals surface area contributed by atoms with Crippen LogP contribution in [0.5, 0.6) is 0 Å². The molecular weight excluding hydrogens is 234 g/mol. The average molecular weight is 250 g/mol. The Kier molecular flexibility index (Phi) is 3.69. The Morgan fingerprint density at radius 1 is 1.35 bits per heavy atom. The molecule has 1 aromatic heterocycles. The van der Waals surface area contributed by atoms with Gasteiger partial charge in [-0.15, -0.1) is 0 Å². The summed E-state index contributed by atoms with van der Waals surface area (Å²) in [7, 11) is 0. The summed E-state index contributed by atoms with van der Waals surface area (Å²) in [5.74, 6) is 0.687. The smallest absolute Gasteiger partial charge is 0.130 e. The second-order valence-corrected chi connectivity index (χ2v) is 4.43. The summed E-state index contributed by atoms with van der Waals surface area (Å²) in [6.45, 7) is 2.16. The number of nitrogen functional groups attached to an aromatic ring is 1. The fourth-order valence-corrected chi connectivity index (χ4v) is 1.98. The van der Waals surface area contributed by atoms with Crippen molar-refractivity contribution >= 4 is 17.4 Å². The molecule has 0 unspecified atom stereocenters. The number of nitrogens with two attached hydrogens (primary N) is 1. The van der Waals surface area contributed by atoms with E-state index in [2.05, 4.69) is 12.0 Å². The van der Waals surface area contributed by atoms with Crippen LogP contribution in [0, 0.1) is 0 Å². The Morgan fingerprint density at radius 2 is 2.12 bits per heavy atom.